The van der Waals surface area contributed by atoms with Gasteiger partial charge in [0.2, 0.25) is 5.91 Å². The van der Waals surface area contributed by atoms with Crippen LogP contribution in [0.15, 0.2) is 12.4 Å². The number of aromatic amines is 1. The third-order valence-electron chi connectivity index (χ3n) is 1.74. The fourth-order valence-corrected chi connectivity index (χ4v) is 1.46. The molecule has 1 heterocycles. The Morgan fingerprint density at radius 3 is 3.21 bits per heavy atom. The lowest BCUT2D eigenvalue weighted by atomic mass is 10.3. The first-order valence-corrected chi connectivity index (χ1v) is 5.96. The van der Waals surface area contributed by atoms with Gasteiger partial charge in [0, 0.05) is 25.4 Å². The molecule has 0 atom stereocenters. The van der Waals surface area contributed by atoms with Gasteiger partial charge in [-0.1, -0.05) is 0 Å². The zero-order valence-corrected chi connectivity index (χ0v) is 9.06. The molecule has 0 aromatic carbocycles. The first-order chi connectivity index (χ1) is 6.83. The Morgan fingerprint density at radius 1 is 1.71 bits per heavy atom. The standard InChI is InChI=1S/C9H15N3OS/c1-14-7-9(13)12-4-2-3-8-10-5-6-11-8/h5-6H,2-4,7H2,1H3,(H,10,11)(H,12,13). The van der Waals surface area contributed by atoms with Crippen molar-refractivity contribution in [1.82, 2.24) is 15.3 Å². The molecule has 1 aromatic heterocycles. The molecule has 1 amide bonds. The number of nitrogens with zero attached hydrogens (tertiary/aromatic N) is 1. The molecule has 0 fully saturated rings. The molecule has 0 saturated heterocycles. The van der Waals surface area contributed by atoms with Crippen molar-refractivity contribution >= 4 is 17.7 Å². The minimum atomic E-state index is 0.108. The van der Waals surface area contributed by atoms with Gasteiger partial charge in [-0.15, -0.1) is 0 Å². The van der Waals surface area contributed by atoms with Crippen molar-refractivity contribution in [3.8, 4) is 0 Å². The predicted molar refractivity (Wildman–Crippen MR) is 58.3 cm³/mol. The quantitative estimate of drug-likeness (QED) is 0.688. The van der Waals surface area contributed by atoms with Gasteiger partial charge in [-0.2, -0.15) is 11.8 Å². The summed E-state index contributed by atoms with van der Waals surface area (Å²) in [5, 5.41) is 2.84. The summed E-state index contributed by atoms with van der Waals surface area (Å²) in [6, 6.07) is 0. The first kappa shape index (κ1) is 11.1. The second-order valence-corrected chi connectivity index (χ2v) is 3.79. The number of carbonyl (C=O) groups is 1. The van der Waals surface area contributed by atoms with E-state index in [1.807, 2.05) is 12.5 Å². The number of rotatable bonds is 6. The minimum absolute atomic E-state index is 0.108. The molecule has 0 radical (unpaired) electrons. The fraction of sp³-hybridized carbons (Fsp3) is 0.556. The Balaban J connectivity index is 2.02. The summed E-state index contributed by atoms with van der Waals surface area (Å²) < 4.78 is 0. The Kier molecular flexibility index (Phi) is 5.14. The SMILES string of the molecule is CSCC(=O)NCCCc1ncc[nH]1. The summed E-state index contributed by atoms with van der Waals surface area (Å²) in [6.07, 6.45) is 7.27. The molecule has 0 aliphatic carbocycles. The monoisotopic (exact) mass is 213 g/mol. The van der Waals surface area contributed by atoms with Crippen molar-refractivity contribution in [2.45, 2.75) is 12.8 Å². The Morgan fingerprint density at radius 2 is 2.57 bits per heavy atom. The van der Waals surface area contributed by atoms with Gasteiger partial charge in [-0.05, 0) is 12.7 Å². The number of H-pyrrole nitrogens is 1. The highest BCUT2D eigenvalue weighted by Gasteiger charge is 1.98. The zero-order chi connectivity index (χ0) is 10.2. The molecular weight excluding hydrogens is 198 g/mol. The predicted octanol–water partition coefficient (Wildman–Crippen LogP) is 0.821. The van der Waals surface area contributed by atoms with Crippen LogP contribution >= 0.6 is 11.8 Å². The van der Waals surface area contributed by atoms with Crippen LogP contribution in [0.2, 0.25) is 0 Å². The van der Waals surface area contributed by atoms with Gasteiger partial charge in [-0.3, -0.25) is 4.79 Å². The molecule has 1 aromatic rings. The number of aromatic nitrogens is 2. The second-order valence-electron chi connectivity index (χ2n) is 2.92. The molecular formula is C9H15N3OS. The minimum Gasteiger partial charge on any atom is -0.355 e. The van der Waals surface area contributed by atoms with Crippen LogP contribution in [0.3, 0.4) is 0 Å². The van der Waals surface area contributed by atoms with E-state index in [-0.39, 0.29) is 5.91 Å². The number of amides is 1. The van der Waals surface area contributed by atoms with E-state index in [4.69, 9.17) is 0 Å². The number of carbonyl (C=O) groups excluding carboxylic acids is 1. The molecule has 5 heteroatoms. The molecule has 0 aliphatic rings. The number of imidazole rings is 1. The van der Waals surface area contributed by atoms with E-state index < -0.39 is 0 Å². The van der Waals surface area contributed by atoms with Crippen molar-refractivity contribution < 1.29 is 4.79 Å². The number of hydrogen-bond acceptors (Lipinski definition) is 3. The normalized spacial score (nSPS) is 10.1. The molecule has 0 spiro atoms. The molecule has 0 saturated carbocycles. The lowest BCUT2D eigenvalue weighted by Gasteiger charge is -2.02. The summed E-state index contributed by atoms with van der Waals surface area (Å²) in [5.41, 5.74) is 0. The smallest absolute Gasteiger partial charge is 0.229 e. The molecule has 1 rings (SSSR count). The van der Waals surface area contributed by atoms with E-state index in [2.05, 4.69) is 15.3 Å². The lowest BCUT2D eigenvalue weighted by Crippen LogP contribution is -2.26. The van der Waals surface area contributed by atoms with Crippen LogP contribution in [-0.4, -0.2) is 34.4 Å². The topological polar surface area (TPSA) is 57.8 Å². The van der Waals surface area contributed by atoms with Crippen LogP contribution in [0.5, 0.6) is 0 Å². The van der Waals surface area contributed by atoms with E-state index in [1.54, 1.807) is 6.20 Å². The van der Waals surface area contributed by atoms with Crippen molar-refractivity contribution in [3.63, 3.8) is 0 Å². The number of hydrogen-bond donors (Lipinski definition) is 2. The maximum absolute atomic E-state index is 11.0. The number of thioether (sulfide) groups is 1. The van der Waals surface area contributed by atoms with Crippen LogP contribution in [0.25, 0.3) is 0 Å². The number of aryl methyl sites for hydroxylation is 1. The lowest BCUT2D eigenvalue weighted by molar-refractivity contribution is -0.118. The molecule has 14 heavy (non-hydrogen) atoms. The highest BCUT2D eigenvalue weighted by atomic mass is 32.2. The van der Waals surface area contributed by atoms with Crippen LogP contribution in [0.1, 0.15) is 12.2 Å². The zero-order valence-electron chi connectivity index (χ0n) is 8.25. The van der Waals surface area contributed by atoms with Gasteiger partial charge < -0.3 is 10.3 Å². The third kappa shape index (κ3) is 4.32. The van der Waals surface area contributed by atoms with E-state index in [9.17, 15) is 4.79 Å². The van der Waals surface area contributed by atoms with Gasteiger partial charge in [-0.25, -0.2) is 4.98 Å². The molecule has 0 unspecified atom stereocenters. The molecule has 2 N–H and O–H groups in total. The molecule has 4 nitrogen and oxygen atoms in total. The maximum atomic E-state index is 11.0. The summed E-state index contributed by atoms with van der Waals surface area (Å²) in [7, 11) is 0. The van der Waals surface area contributed by atoms with Crippen molar-refractivity contribution in [2.75, 3.05) is 18.6 Å². The van der Waals surface area contributed by atoms with Crippen LogP contribution in [-0.2, 0) is 11.2 Å². The molecule has 78 valence electrons. The third-order valence-corrected chi connectivity index (χ3v) is 2.29. The van der Waals surface area contributed by atoms with Crippen LogP contribution < -0.4 is 5.32 Å². The maximum Gasteiger partial charge on any atom is 0.229 e. The fourth-order valence-electron chi connectivity index (χ4n) is 1.10. The van der Waals surface area contributed by atoms with Gasteiger partial charge >= 0.3 is 0 Å². The Bertz CT molecular complexity index is 261. The molecule has 0 aliphatic heterocycles. The number of nitrogens with one attached hydrogen (secondary N) is 2. The van der Waals surface area contributed by atoms with E-state index in [0.717, 1.165) is 25.2 Å². The van der Waals surface area contributed by atoms with E-state index >= 15 is 0 Å². The van der Waals surface area contributed by atoms with E-state index in [0.29, 0.717) is 5.75 Å². The first-order valence-electron chi connectivity index (χ1n) is 4.57. The average Bonchev–Trinajstić information content (AvgIpc) is 2.65. The van der Waals surface area contributed by atoms with Gasteiger partial charge in [0.25, 0.3) is 0 Å². The average molecular weight is 213 g/mol. The largest absolute Gasteiger partial charge is 0.355 e. The summed E-state index contributed by atoms with van der Waals surface area (Å²) in [5.74, 6) is 1.63. The van der Waals surface area contributed by atoms with Crippen molar-refractivity contribution in [2.24, 2.45) is 0 Å². The summed E-state index contributed by atoms with van der Waals surface area (Å²) in [4.78, 5) is 18.2. The van der Waals surface area contributed by atoms with Crippen molar-refractivity contribution in [3.05, 3.63) is 18.2 Å². The van der Waals surface area contributed by atoms with Crippen LogP contribution in [0.4, 0.5) is 0 Å². The Hall–Kier alpha value is -0.970. The van der Waals surface area contributed by atoms with Gasteiger partial charge in [0.15, 0.2) is 0 Å². The summed E-state index contributed by atoms with van der Waals surface area (Å²) >= 11 is 1.53. The highest BCUT2D eigenvalue weighted by molar-refractivity contribution is 7.99. The highest BCUT2D eigenvalue weighted by Crippen LogP contribution is 1.94. The van der Waals surface area contributed by atoms with Gasteiger partial charge in [0.1, 0.15) is 5.82 Å². The second kappa shape index (κ2) is 6.48. The van der Waals surface area contributed by atoms with E-state index in [1.165, 1.54) is 11.8 Å². The summed E-state index contributed by atoms with van der Waals surface area (Å²) in [6.45, 7) is 0.722. The van der Waals surface area contributed by atoms with Crippen LogP contribution in [0, 0.1) is 0 Å². The van der Waals surface area contributed by atoms with Gasteiger partial charge in [0.05, 0.1) is 5.75 Å². The Labute approximate surface area is 87.9 Å². The molecule has 0 bridgehead atoms. The van der Waals surface area contributed by atoms with Crippen molar-refractivity contribution in [1.29, 1.82) is 0 Å².